The Morgan fingerprint density at radius 3 is 2.58 bits per heavy atom. The quantitative estimate of drug-likeness (QED) is 0.781. The van der Waals surface area contributed by atoms with E-state index >= 15 is 0 Å². The second-order valence-corrected chi connectivity index (χ2v) is 7.50. The molecule has 6 nitrogen and oxygen atoms in total. The second kappa shape index (κ2) is 6.02. The Morgan fingerprint density at radius 1 is 1.42 bits per heavy atom. The number of imidazole rings is 1. The minimum Gasteiger partial charge on any atom is -0.331 e. The normalized spacial score (nSPS) is 13.2. The van der Waals surface area contributed by atoms with Crippen molar-refractivity contribution in [1.29, 1.82) is 0 Å². The smallest absolute Gasteiger partial charge is 0.209 e. The monoisotopic (exact) mass is 288 g/mol. The number of nitrogens with zero attached hydrogens (tertiary/aromatic N) is 2. The third-order valence-electron chi connectivity index (χ3n) is 2.64. The Balaban J connectivity index is 2.52. The van der Waals surface area contributed by atoms with Gasteiger partial charge in [0, 0.05) is 30.9 Å². The summed E-state index contributed by atoms with van der Waals surface area (Å²) in [5.41, 5.74) is 0.571. The zero-order valence-electron chi connectivity index (χ0n) is 12.3. The van der Waals surface area contributed by atoms with E-state index in [0.717, 1.165) is 5.69 Å². The summed E-state index contributed by atoms with van der Waals surface area (Å²) < 4.78 is 27.1. The van der Waals surface area contributed by atoms with Crippen LogP contribution in [0, 0.1) is 0 Å². The van der Waals surface area contributed by atoms with Crippen molar-refractivity contribution in [3.05, 3.63) is 18.2 Å². The Hall–Kier alpha value is -0.920. The molecular weight excluding hydrogens is 264 g/mol. The molecule has 0 spiro atoms. The molecular formula is C12H24N4O2S. The zero-order valence-corrected chi connectivity index (χ0v) is 13.1. The lowest BCUT2D eigenvalue weighted by Crippen LogP contribution is -2.49. The molecule has 1 heterocycles. The van der Waals surface area contributed by atoms with Crippen LogP contribution in [0.25, 0.3) is 0 Å². The summed E-state index contributed by atoms with van der Waals surface area (Å²) in [6.07, 6.45) is 4.80. The maximum Gasteiger partial charge on any atom is 0.209 e. The van der Waals surface area contributed by atoms with Crippen molar-refractivity contribution in [1.82, 2.24) is 19.6 Å². The van der Waals surface area contributed by atoms with Gasteiger partial charge >= 0.3 is 0 Å². The molecule has 0 saturated heterocycles. The molecule has 110 valence electrons. The predicted molar refractivity (Wildman–Crippen MR) is 76.4 cm³/mol. The summed E-state index contributed by atoms with van der Waals surface area (Å²) in [6.45, 7) is 9.10. The predicted octanol–water partition coefficient (Wildman–Crippen LogP) is 0.881. The highest BCUT2D eigenvalue weighted by Crippen LogP contribution is 2.09. The van der Waals surface area contributed by atoms with Crippen molar-refractivity contribution in [2.45, 2.75) is 45.8 Å². The molecule has 2 N–H and O–H groups in total. The van der Waals surface area contributed by atoms with Crippen molar-refractivity contribution in [3.8, 4) is 0 Å². The number of hydrogen-bond donors (Lipinski definition) is 2. The van der Waals surface area contributed by atoms with Crippen LogP contribution < -0.4 is 10.0 Å². The number of hydrogen-bond acceptors (Lipinski definition) is 4. The maximum atomic E-state index is 11.2. The van der Waals surface area contributed by atoms with E-state index < -0.39 is 15.6 Å². The first-order chi connectivity index (χ1) is 8.61. The first kappa shape index (κ1) is 16.1. The summed E-state index contributed by atoms with van der Waals surface area (Å²) in [4.78, 5) is 4.13. The van der Waals surface area contributed by atoms with Gasteiger partial charge in [-0.2, -0.15) is 0 Å². The fourth-order valence-electron chi connectivity index (χ4n) is 1.97. The molecule has 0 unspecified atom stereocenters. The molecule has 0 aliphatic carbocycles. The van der Waals surface area contributed by atoms with Crippen LogP contribution in [0.4, 0.5) is 0 Å². The van der Waals surface area contributed by atoms with Gasteiger partial charge in [-0.1, -0.05) is 0 Å². The highest BCUT2D eigenvalue weighted by atomic mass is 32.2. The molecule has 0 fully saturated rings. The van der Waals surface area contributed by atoms with Gasteiger partial charge in [0.2, 0.25) is 10.0 Å². The Bertz CT molecular complexity index is 506. The number of aromatic nitrogens is 2. The largest absolute Gasteiger partial charge is 0.331 e. The lowest BCUT2D eigenvalue weighted by molar-refractivity contribution is 0.415. The molecule has 0 amide bonds. The summed E-state index contributed by atoms with van der Waals surface area (Å²) in [5, 5.41) is 3.26. The molecule has 0 atom stereocenters. The van der Waals surface area contributed by atoms with Gasteiger partial charge in [0.25, 0.3) is 0 Å². The van der Waals surface area contributed by atoms with Crippen LogP contribution in [-0.2, 0) is 16.6 Å². The lowest BCUT2D eigenvalue weighted by Gasteiger charge is -2.25. The summed E-state index contributed by atoms with van der Waals surface area (Å²) in [5.74, 6) is 0. The SMILES string of the molecule is CC(C)n1cncc1CNCC(C)(C)NS(C)(=O)=O. The second-order valence-electron chi connectivity index (χ2n) is 5.75. The van der Waals surface area contributed by atoms with E-state index in [0.29, 0.717) is 19.1 Å². The van der Waals surface area contributed by atoms with Crippen LogP contribution in [-0.4, -0.2) is 36.3 Å². The molecule has 0 bridgehead atoms. The first-order valence-corrected chi connectivity index (χ1v) is 8.20. The van der Waals surface area contributed by atoms with Gasteiger partial charge in [0.15, 0.2) is 0 Å². The lowest BCUT2D eigenvalue weighted by atomic mass is 10.1. The van der Waals surface area contributed by atoms with Gasteiger partial charge in [-0.15, -0.1) is 0 Å². The fourth-order valence-corrected chi connectivity index (χ4v) is 3.05. The molecule has 0 saturated carbocycles. The fraction of sp³-hybridized carbons (Fsp3) is 0.750. The van der Waals surface area contributed by atoms with Crippen LogP contribution in [0.5, 0.6) is 0 Å². The van der Waals surface area contributed by atoms with E-state index in [1.54, 1.807) is 0 Å². The van der Waals surface area contributed by atoms with Gasteiger partial charge in [0.05, 0.1) is 18.3 Å². The zero-order chi connectivity index (χ0) is 14.7. The van der Waals surface area contributed by atoms with Crippen LogP contribution in [0.1, 0.15) is 39.4 Å². The minimum atomic E-state index is -3.20. The van der Waals surface area contributed by atoms with Crippen LogP contribution in [0.3, 0.4) is 0 Å². The molecule has 0 radical (unpaired) electrons. The Labute approximate surface area is 115 Å². The standard InChI is InChI=1S/C12H24N4O2S/c1-10(2)16-9-14-7-11(16)6-13-8-12(3,4)15-19(5,17)18/h7,9-10,13,15H,6,8H2,1-5H3. The van der Waals surface area contributed by atoms with Gasteiger partial charge in [-0.25, -0.2) is 18.1 Å². The number of sulfonamides is 1. The van der Waals surface area contributed by atoms with Crippen molar-refractivity contribution in [3.63, 3.8) is 0 Å². The highest BCUT2D eigenvalue weighted by molar-refractivity contribution is 7.88. The summed E-state index contributed by atoms with van der Waals surface area (Å²) in [7, 11) is -3.20. The molecule has 7 heteroatoms. The van der Waals surface area contributed by atoms with Crippen molar-refractivity contribution in [2.75, 3.05) is 12.8 Å². The maximum absolute atomic E-state index is 11.2. The molecule has 1 aromatic heterocycles. The molecule has 0 aliphatic heterocycles. The van der Waals surface area contributed by atoms with Crippen molar-refractivity contribution in [2.24, 2.45) is 0 Å². The van der Waals surface area contributed by atoms with Gasteiger partial charge < -0.3 is 9.88 Å². The molecule has 0 aliphatic rings. The van der Waals surface area contributed by atoms with E-state index in [1.807, 2.05) is 26.4 Å². The van der Waals surface area contributed by atoms with Crippen molar-refractivity contribution >= 4 is 10.0 Å². The topological polar surface area (TPSA) is 76.0 Å². The Kier molecular flexibility index (Phi) is 5.11. The van der Waals surface area contributed by atoms with E-state index in [4.69, 9.17) is 0 Å². The van der Waals surface area contributed by atoms with Crippen LogP contribution in [0.15, 0.2) is 12.5 Å². The average molecular weight is 288 g/mol. The van der Waals surface area contributed by atoms with E-state index in [1.165, 1.54) is 6.26 Å². The molecule has 1 aromatic rings. The van der Waals surface area contributed by atoms with Crippen LogP contribution in [0.2, 0.25) is 0 Å². The highest BCUT2D eigenvalue weighted by Gasteiger charge is 2.21. The average Bonchev–Trinajstić information content (AvgIpc) is 2.61. The first-order valence-electron chi connectivity index (χ1n) is 6.31. The summed E-state index contributed by atoms with van der Waals surface area (Å²) >= 11 is 0. The van der Waals surface area contributed by atoms with Gasteiger partial charge in [-0.05, 0) is 27.7 Å². The Morgan fingerprint density at radius 2 is 2.05 bits per heavy atom. The van der Waals surface area contributed by atoms with Gasteiger partial charge in [0.1, 0.15) is 0 Å². The van der Waals surface area contributed by atoms with E-state index in [9.17, 15) is 8.42 Å². The summed E-state index contributed by atoms with van der Waals surface area (Å²) in [6, 6.07) is 0.362. The minimum absolute atomic E-state index is 0.362. The van der Waals surface area contributed by atoms with Gasteiger partial charge in [-0.3, -0.25) is 0 Å². The van der Waals surface area contributed by atoms with Crippen molar-refractivity contribution < 1.29 is 8.42 Å². The van der Waals surface area contributed by atoms with E-state index in [2.05, 4.69) is 33.4 Å². The molecule has 0 aromatic carbocycles. The van der Waals surface area contributed by atoms with E-state index in [-0.39, 0.29) is 0 Å². The van der Waals surface area contributed by atoms with Crippen LogP contribution >= 0.6 is 0 Å². The third kappa shape index (κ3) is 5.71. The molecule has 1 rings (SSSR count). The number of rotatable bonds is 7. The number of nitrogens with one attached hydrogen (secondary N) is 2. The molecule has 19 heavy (non-hydrogen) atoms. The third-order valence-corrected chi connectivity index (χ3v) is 3.56.